The maximum atomic E-state index is 12.5. The molecule has 0 aliphatic carbocycles. The van der Waals surface area contributed by atoms with Crippen LogP contribution in [0, 0.1) is 6.92 Å². The Morgan fingerprint density at radius 1 is 1.35 bits per heavy atom. The van der Waals surface area contributed by atoms with Gasteiger partial charge in [-0.2, -0.15) is 0 Å². The van der Waals surface area contributed by atoms with Gasteiger partial charge in [-0.25, -0.2) is 12.7 Å². The number of sulfonamides is 1. The van der Waals surface area contributed by atoms with Crippen molar-refractivity contribution in [2.45, 2.75) is 24.8 Å². The SMILES string of the molecule is CNCc1cc(S(=O)(=O)N(C)CCCOC)ccc1C. The summed E-state index contributed by atoms with van der Waals surface area (Å²) in [4.78, 5) is 0.341. The smallest absolute Gasteiger partial charge is 0.242 e. The lowest BCUT2D eigenvalue weighted by molar-refractivity contribution is 0.189. The van der Waals surface area contributed by atoms with E-state index in [-0.39, 0.29) is 0 Å². The summed E-state index contributed by atoms with van der Waals surface area (Å²) in [6.45, 7) is 3.64. The highest BCUT2D eigenvalue weighted by molar-refractivity contribution is 7.89. The molecule has 1 aromatic rings. The largest absolute Gasteiger partial charge is 0.385 e. The Hall–Kier alpha value is -0.950. The fourth-order valence-corrected chi connectivity index (χ4v) is 3.18. The van der Waals surface area contributed by atoms with Crippen LogP contribution in [0.15, 0.2) is 23.1 Å². The maximum absolute atomic E-state index is 12.5. The normalized spacial score (nSPS) is 12.1. The summed E-state index contributed by atoms with van der Waals surface area (Å²) in [6.07, 6.45) is 0.682. The molecule has 0 fully saturated rings. The predicted molar refractivity (Wildman–Crippen MR) is 80.3 cm³/mol. The van der Waals surface area contributed by atoms with Gasteiger partial charge in [-0.3, -0.25) is 0 Å². The number of benzene rings is 1. The lowest BCUT2D eigenvalue weighted by Gasteiger charge is -2.18. The Bertz CT molecular complexity index is 529. The number of hydrogen-bond acceptors (Lipinski definition) is 4. The number of ether oxygens (including phenoxy) is 1. The Kier molecular flexibility index (Phi) is 6.61. The molecule has 0 aromatic heterocycles. The zero-order valence-corrected chi connectivity index (χ0v) is 13.5. The zero-order chi connectivity index (χ0) is 15.2. The average molecular weight is 300 g/mol. The molecule has 0 unspecified atom stereocenters. The highest BCUT2D eigenvalue weighted by Crippen LogP contribution is 2.19. The van der Waals surface area contributed by atoms with Gasteiger partial charge >= 0.3 is 0 Å². The molecule has 114 valence electrons. The van der Waals surface area contributed by atoms with E-state index in [9.17, 15) is 8.42 Å². The van der Waals surface area contributed by atoms with Gasteiger partial charge in [0, 0.05) is 33.9 Å². The lowest BCUT2D eigenvalue weighted by atomic mass is 10.1. The molecule has 0 spiro atoms. The van der Waals surface area contributed by atoms with E-state index in [0.717, 1.165) is 11.1 Å². The molecule has 0 atom stereocenters. The van der Waals surface area contributed by atoms with Crippen LogP contribution in [-0.4, -0.2) is 47.1 Å². The van der Waals surface area contributed by atoms with Gasteiger partial charge in [0.25, 0.3) is 0 Å². The van der Waals surface area contributed by atoms with Gasteiger partial charge < -0.3 is 10.1 Å². The number of methoxy groups -OCH3 is 1. The second kappa shape index (κ2) is 7.73. The number of hydrogen-bond donors (Lipinski definition) is 1. The van der Waals surface area contributed by atoms with Crippen molar-refractivity contribution < 1.29 is 13.2 Å². The van der Waals surface area contributed by atoms with Crippen LogP contribution >= 0.6 is 0 Å². The summed E-state index contributed by atoms with van der Waals surface area (Å²) < 4.78 is 31.2. The fourth-order valence-electron chi connectivity index (χ4n) is 1.92. The maximum Gasteiger partial charge on any atom is 0.242 e. The highest BCUT2D eigenvalue weighted by atomic mass is 32.2. The molecule has 0 radical (unpaired) electrons. The molecule has 1 rings (SSSR count). The zero-order valence-electron chi connectivity index (χ0n) is 12.6. The fraction of sp³-hybridized carbons (Fsp3) is 0.571. The van der Waals surface area contributed by atoms with Crippen molar-refractivity contribution in [3.63, 3.8) is 0 Å². The topological polar surface area (TPSA) is 58.6 Å². The molecule has 0 amide bonds. The van der Waals surface area contributed by atoms with E-state index in [2.05, 4.69) is 5.32 Å². The first kappa shape index (κ1) is 17.1. The molecule has 1 aromatic carbocycles. The van der Waals surface area contributed by atoms with Crippen molar-refractivity contribution in [2.75, 3.05) is 34.4 Å². The molecule has 0 aliphatic rings. The van der Waals surface area contributed by atoms with Gasteiger partial charge in [-0.05, 0) is 43.7 Å². The second-order valence-electron chi connectivity index (χ2n) is 4.79. The molecule has 20 heavy (non-hydrogen) atoms. The van der Waals surface area contributed by atoms with Gasteiger partial charge in [-0.1, -0.05) is 6.07 Å². The Labute approximate surface area is 122 Å². The minimum Gasteiger partial charge on any atom is -0.385 e. The summed E-state index contributed by atoms with van der Waals surface area (Å²) in [7, 11) is 1.63. The molecule has 5 nitrogen and oxygen atoms in total. The van der Waals surface area contributed by atoms with E-state index >= 15 is 0 Å². The van der Waals surface area contributed by atoms with Gasteiger partial charge in [0.05, 0.1) is 4.90 Å². The summed E-state index contributed by atoms with van der Waals surface area (Å²) in [5.41, 5.74) is 2.08. The Morgan fingerprint density at radius 2 is 2.05 bits per heavy atom. The molecule has 0 saturated heterocycles. The standard InChI is InChI=1S/C14H24N2O3S/c1-12-6-7-14(10-13(12)11-15-2)20(17,18)16(3)8-5-9-19-4/h6-7,10,15H,5,8-9,11H2,1-4H3. The van der Waals surface area contributed by atoms with Gasteiger partial charge in [0.2, 0.25) is 10.0 Å². The second-order valence-corrected chi connectivity index (χ2v) is 6.84. The van der Waals surface area contributed by atoms with Crippen molar-refractivity contribution >= 4 is 10.0 Å². The number of nitrogens with one attached hydrogen (secondary N) is 1. The molecular weight excluding hydrogens is 276 g/mol. The number of aryl methyl sites for hydroxylation is 1. The molecule has 0 saturated carbocycles. The lowest BCUT2D eigenvalue weighted by Crippen LogP contribution is -2.28. The Balaban J connectivity index is 2.94. The van der Waals surface area contributed by atoms with E-state index in [1.807, 2.05) is 20.0 Å². The quantitative estimate of drug-likeness (QED) is 0.737. The monoisotopic (exact) mass is 300 g/mol. The van der Waals surface area contributed by atoms with Crippen molar-refractivity contribution in [1.29, 1.82) is 0 Å². The summed E-state index contributed by atoms with van der Waals surface area (Å²) in [5.74, 6) is 0. The first-order valence-electron chi connectivity index (χ1n) is 6.63. The van der Waals surface area contributed by atoms with Crippen molar-refractivity contribution in [2.24, 2.45) is 0 Å². The number of nitrogens with zero attached hydrogens (tertiary/aromatic N) is 1. The van der Waals surface area contributed by atoms with E-state index in [4.69, 9.17) is 4.74 Å². The van der Waals surface area contributed by atoms with Crippen molar-refractivity contribution in [3.8, 4) is 0 Å². The van der Waals surface area contributed by atoms with Crippen LogP contribution in [-0.2, 0) is 21.3 Å². The van der Waals surface area contributed by atoms with E-state index in [0.29, 0.717) is 31.0 Å². The predicted octanol–water partition coefficient (Wildman–Crippen LogP) is 1.37. The highest BCUT2D eigenvalue weighted by Gasteiger charge is 2.20. The molecule has 0 aliphatic heterocycles. The molecule has 0 heterocycles. The third-order valence-electron chi connectivity index (χ3n) is 3.22. The van der Waals surface area contributed by atoms with Crippen molar-refractivity contribution in [3.05, 3.63) is 29.3 Å². The summed E-state index contributed by atoms with van der Waals surface area (Å²) >= 11 is 0. The number of rotatable bonds is 8. The van der Waals surface area contributed by atoms with Crippen LogP contribution in [0.3, 0.4) is 0 Å². The van der Waals surface area contributed by atoms with Crippen LogP contribution in [0.25, 0.3) is 0 Å². The average Bonchev–Trinajstić information content (AvgIpc) is 2.41. The molecule has 0 bridgehead atoms. The molecular formula is C14H24N2O3S. The van der Waals surface area contributed by atoms with Crippen LogP contribution in [0.2, 0.25) is 0 Å². The van der Waals surface area contributed by atoms with Gasteiger partial charge in [0.15, 0.2) is 0 Å². The van der Waals surface area contributed by atoms with Crippen LogP contribution in [0.4, 0.5) is 0 Å². The van der Waals surface area contributed by atoms with Crippen molar-refractivity contribution in [1.82, 2.24) is 9.62 Å². The minimum atomic E-state index is -3.43. The summed E-state index contributed by atoms with van der Waals surface area (Å²) in [5, 5.41) is 3.05. The third kappa shape index (κ3) is 4.28. The first-order chi connectivity index (χ1) is 9.43. The van der Waals surface area contributed by atoms with Crippen LogP contribution in [0.5, 0.6) is 0 Å². The third-order valence-corrected chi connectivity index (χ3v) is 5.07. The van der Waals surface area contributed by atoms with E-state index < -0.39 is 10.0 Å². The van der Waals surface area contributed by atoms with Gasteiger partial charge in [0.1, 0.15) is 0 Å². The minimum absolute atomic E-state index is 0.341. The molecule has 6 heteroatoms. The van der Waals surface area contributed by atoms with Gasteiger partial charge in [-0.15, -0.1) is 0 Å². The Morgan fingerprint density at radius 3 is 2.65 bits per heavy atom. The first-order valence-corrected chi connectivity index (χ1v) is 8.07. The van der Waals surface area contributed by atoms with E-state index in [1.54, 1.807) is 26.3 Å². The van der Waals surface area contributed by atoms with Crippen LogP contribution < -0.4 is 5.32 Å². The van der Waals surface area contributed by atoms with Crippen LogP contribution in [0.1, 0.15) is 17.5 Å². The summed E-state index contributed by atoms with van der Waals surface area (Å²) in [6, 6.07) is 5.26. The van der Waals surface area contributed by atoms with E-state index in [1.165, 1.54) is 4.31 Å². The molecule has 1 N–H and O–H groups in total.